The first-order valence-corrected chi connectivity index (χ1v) is 15.6. The van der Waals surface area contributed by atoms with Crippen LogP contribution in [0, 0.1) is 9.39 Å². The third kappa shape index (κ3) is 6.23. The van der Waals surface area contributed by atoms with Crippen LogP contribution in [-0.2, 0) is 16.1 Å². The highest BCUT2D eigenvalue weighted by Gasteiger charge is 2.33. The van der Waals surface area contributed by atoms with Crippen LogP contribution in [0.3, 0.4) is 0 Å². The third-order valence-corrected chi connectivity index (χ3v) is 8.86. The first-order chi connectivity index (χ1) is 20.2. The van der Waals surface area contributed by atoms with E-state index in [9.17, 15) is 14.0 Å². The van der Waals surface area contributed by atoms with E-state index in [4.69, 9.17) is 14.2 Å². The Bertz CT molecular complexity index is 1870. The highest BCUT2D eigenvalue weighted by molar-refractivity contribution is 14.1. The Balaban J connectivity index is 1.56. The normalized spacial score (nSPS) is 14.8. The first kappa shape index (κ1) is 30.2. The van der Waals surface area contributed by atoms with Crippen molar-refractivity contribution in [2.75, 3.05) is 13.7 Å². The molecule has 0 saturated carbocycles. The predicted octanol–water partition coefficient (Wildman–Crippen LogP) is 5.89. The van der Waals surface area contributed by atoms with Crippen molar-refractivity contribution in [1.29, 1.82) is 0 Å². The molecule has 216 valence electrons. The van der Waals surface area contributed by atoms with E-state index in [2.05, 4.69) is 43.5 Å². The molecule has 2 heterocycles. The lowest BCUT2D eigenvalue weighted by molar-refractivity contribution is -0.139. The van der Waals surface area contributed by atoms with Crippen molar-refractivity contribution in [2.45, 2.75) is 26.5 Å². The summed E-state index contributed by atoms with van der Waals surface area (Å²) < 4.78 is 34.5. The van der Waals surface area contributed by atoms with Crippen molar-refractivity contribution in [3.63, 3.8) is 0 Å². The number of carbonyl (C=O) groups is 1. The number of esters is 1. The van der Waals surface area contributed by atoms with E-state index in [1.54, 1.807) is 39.2 Å². The molecule has 11 heteroatoms. The Morgan fingerprint density at radius 2 is 1.88 bits per heavy atom. The molecule has 4 aromatic rings. The molecule has 1 aromatic heterocycles. The number of methoxy groups -OCH3 is 1. The Morgan fingerprint density at radius 1 is 1.17 bits per heavy atom. The van der Waals surface area contributed by atoms with Gasteiger partial charge in [0, 0.05) is 4.47 Å². The summed E-state index contributed by atoms with van der Waals surface area (Å²) in [6, 6.07) is 16.5. The maximum absolute atomic E-state index is 13.9. The number of allylic oxidation sites excluding steroid dienone is 1. The van der Waals surface area contributed by atoms with Crippen LogP contribution in [0.25, 0.3) is 6.08 Å². The predicted molar refractivity (Wildman–Crippen MR) is 171 cm³/mol. The van der Waals surface area contributed by atoms with Crippen molar-refractivity contribution in [3.05, 3.63) is 122 Å². The molecule has 0 radical (unpaired) electrons. The Labute approximate surface area is 267 Å². The van der Waals surface area contributed by atoms with Crippen LogP contribution < -0.4 is 24.4 Å². The topological polar surface area (TPSA) is 79.1 Å². The summed E-state index contributed by atoms with van der Waals surface area (Å²) in [6.45, 7) is 3.95. The lowest BCUT2D eigenvalue weighted by Crippen LogP contribution is -2.39. The number of halogens is 3. The van der Waals surface area contributed by atoms with E-state index in [1.807, 2.05) is 36.4 Å². The van der Waals surface area contributed by atoms with Gasteiger partial charge in [0.05, 0.1) is 39.1 Å². The summed E-state index contributed by atoms with van der Waals surface area (Å²) in [5.74, 6) is 0.144. The molecule has 0 aliphatic carbocycles. The molecule has 3 aromatic carbocycles. The maximum Gasteiger partial charge on any atom is 0.338 e. The summed E-state index contributed by atoms with van der Waals surface area (Å²) in [5, 5.41) is 0. The maximum atomic E-state index is 13.9. The number of nitrogens with zero attached hydrogens (tertiary/aromatic N) is 2. The van der Waals surface area contributed by atoms with E-state index in [-0.39, 0.29) is 17.7 Å². The van der Waals surface area contributed by atoms with Crippen molar-refractivity contribution in [1.82, 2.24) is 4.57 Å². The minimum absolute atomic E-state index is 0.166. The van der Waals surface area contributed by atoms with Crippen molar-refractivity contribution in [2.24, 2.45) is 4.99 Å². The van der Waals surface area contributed by atoms with E-state index < -0.39 is 17.8 Å². The SMILES string of the molecule is CCOC(=O)C1=C(C)N=c2s/c(=C\c3cc(I)c(OCc4ccc(Br)cc4)c(OC)c3)c(=O)n2[C@H]1c1ccc(F)cc1. The molecule has 0 bridgehead atoms. The van der Waals surface area contributed by atoms with Gasteiger partial charge < -0.3 is 14.2 Å². The number of hydrogen-bond acceptors (Lipinski definition) is 7. The zero-order chi connectivity index (χ0) is 30.0. The second-order valence-corrected chi connectivity index (χ2v) is 12.4. The molecule has 1 atom stereocenters. The number of hydrogen-bond donors (Lipinski definition) is 0. The third-order valence-electron chi connectivity index (χ3n) is 6.55. The smallest absolute Gasteiger partial charge is 0.338 e. The monoisotopic (exact) mass is 762 g/mol. The molecule has 1 aliphatic rings. The average molecular weight is 763 g/mol. The van der Waals surface area contributed by atoms with E-state index in [0.717, 1.165) is 19.2 Å². The van der Waals surface area contributed by atoms with Crippen LogP contribution in [0.15, 0.2) is 86.2 Å². The van der Waals surface area contributed by atoms with Gasteiger partial charge in [0.2, 0.25) is 0 Å². The summed E-state index contributed by atoms with van der Waals surface area (Å²) in [4.78, 5) is 31.9. The molecule has 1 aliphatic heterocycles. The summed E-state index contributed by atoms with van der Waals surface area (Å²) >= 11 is 6.84. The van der Waals surface area contributed by atoms with Gasteiger partial charge in [-0.3, -0.25) is 9.36 Å². The number of benzene rings is 3. The molecule has 0 amide bonds. The molecule has 0 unspecified atom stereocenters. The number of carbonyl (C=O) groups excluding carboxylic acids is 1. The van der Waals surface area contributed by atoms with Crippen LogP contribution in [0.2, 0.25) is 0 Å². The quantitative estimate of drug-likeness (QED) is 0.165. The molecule has 7 nitrogen and oxygen atoms in total. The number of ether oxygens (including phenoxy) is 3. The number of thiazole rings is 1. The van der Waals surface area contributed by atoms with Crippen LogP contribution in [0.5, 0.6) is 11.5 Å². The lowest BCUT2D eigenvalue weighted by atomic mass is 9.96. The molecule has 0 spiro atoms. The number of aromatic nitrogens is 1. The Morgan fingerprint density at radius 3 is 2.55 bits per heavy atom. The van der Waals surface area contributed by atoms with E-state index in [1.165, 1.54) is 28.0 Å². The van der Waals surface area contributed by atoms with Gasteiger partial charge >= 0.3 is 5.97 Å². The van der Waals surface area contributed by atoms with Gasteiger partial charge in [-0.05, 0) is 95.6 Å². The zero-order valence-corrected chi connectivity index (χ0v) is 27.4. The number of fused-ring (bicyclic) bond motifs is 1. The van der Waals surface area contributed by atoms with E-state index in [0.29, 0.717) is 38.7 Å². The fourth-order valence-corrected chi connectivity index (χ4v) is 6.69. The molecular weight excluding hydrogens is 738 g/mol. The largest absolute Gasteiger partial charge is 0.493 e. The lowest BCUT2D eigenvalue weighted by Gasteiger charge is -2.24. The van der Waals surface area contributed by atoms with Gasteiger partial charge in [-0.15, -0.1) is 0 Å². The minimum atomic E-state index is -0.813. The molecule has 42 heavy (non-hydrogen) atoms. The molecule has 5 rings (SSSR count). The highest BCUT2D eigenvalue weighted by atomic mass is 127. The molecule has 0 saturated heterocycles. The molecule has 0 N–H and O–H groups in total. The van der Waals surface area contributed by atoms with Crippen LogP contribution >= 0.6 is 49.9 Å². The average Bonchev–Trinajstić information content (AvgIpc) is 3.26. The Hall–Kier alpha value is -3.29. The highest BCUT2D eigenvalue weighted by Crippen LogP contribution is 2.35. The minimum Gasteiger partial charge on any atom is -0.493 e. The van der Waals surface area contributed by atoms with Gasteiger partial charge in [-0.2, -0.15) is 0 Å². The fraction of sp³-hybridized carbons (Fsp3) is 0.194. The van der Waals surface area contributed by atoms with Crippen LogP contribution in [0.1, 0.15) is 36.6 Å². The fourth-order valence-electron chi connectivity index (χ4n) is 4.60. The summed E-state index contributed by atoms with van der Waals surface area (Å²) in [7, 11) is 1.57. The Kier molecular flexibility index (Phi) is 9.28. The van der Waals surface area contributed by atoms with Crippen molar-refractivity contribution in [3.8, 4) is 11.5 Å². The molecular formula is C31H25BrFIN2O5S. The second-order valence-electron chi connectivity index (χ2n) is 9.30. The van der Waals surface area contributed by atoms with Gasteiger partial charge in [-0.1, -0.05) is 51.5 Å². The van der Waals surface area contributed by atoms with Crippen LogP contribution in [-0.4, -0.2) is 24.3 Å². The summed E-state index contributed by atoms with van der Waals surface area (Å²) in [5.41, 5.74) is 2.67. The zero-order valence-electron chi connectivity index (χ0n) is 22.8. The summed E-state index contributed by atoms with van der Waals surface area (Å²) in [6.07, 6.45) is 1.76. The van der Waals surface area contributed by atoms with Crippen molar-refractivity contribution >= 4 is 61.9 Å². The van der Waals surface area contributed by atoms with Crippen LogP contribution in [0.4, 0.5) is 4.39 Å². The van der Waals surface area contributed by atoms with Gasteiger partial charge in [0.15, 0.2) is 16.3 Å². The second kappa shape index (κ2) is 12.9. The van der Waals surface area contributed by atoms with Gasteiger partial charge in [-0.25, -0.2) is 14.2 Å². The van der Waals surface area contributed by atoms with E-state index >= 15 is 0 Å². The van der Waals surface area contributed by atoms with Crippen molar-refractivity contribution < 1.29 is 23.4 Å². The first-order valence-electron chi connectivity index (χ1n) is 12.9. The van der Waals surface area contributed by atoms with Gasteiger partial charge in [0.25, 0.3) is 5.56 Å². The van der Waals surface area contributed by atoms with Gasteiger partial charge in [0.1, 0.15) is 12.4 Å². The standard InChI is InChI=1S/C31H25BrFIN2O5S/c1-4-40-30(38)26-17(2)35-31-36(27(26)20-7-11-22(33)12-8-20)29(37)25(42-31)15-19-13-23(34)28(24(14-19)39-3)41-16-18-5-9-21(32)10-6-18/h5-15,27H,4,16H2,1-3H3/b25-15-/t27-/m0/s1. The molecule has 0 fully saturated rings. The number of rotatable bonds is 8.